The molecular weight excluding hydrogens is 340 g/mol. The summed E-state index contributed by atoms with van der Waals surface area (Å²) in [6, 6.07) is 14.1. The van der Waals surface area contributed by atoms with E-state index in [0.29, 0.717) is 27.9 Å². The molecular formula is C19H15ClN2O3. The summed E-state index contributed by atoms with van der Waals surface area (Å²) in [6.45, 7) is 3.67. The highest BCUT2D eigenvalue weighted by Crippen LogP contribution is 2.40. The second kappa shape index (κ2) is 5.63. The highest BCUT2D eigenvalue weighted by atomic mass is 35.5. The minimum Gasteiger partial charge on any atom is -0.449 e. The smallest absolute Gasteiger partial charge is 0.255 e. The first-order valence-corrected chi connectivity index (χ1v) is 8.17. The molecule has 1 aliphatic rings. The van der Waals surface area contributed by atoms with Crippen molar-refractivity contribution in [2.75, 3.05) is 5.32 Å². The van der Waals surface area contributed by atoms with Crippen LogP contribution in [0.1, 0.15) is 24.2 Å². The molecule has 0 saturated heterocycles. The van der Waals surface area contributed by atoms with Gasteiger partial charge in [-0.1, -0.05) is 11.6 Å². The summed E-state index contributed by atoms with van der Waals surface area (Å²) in [5, 5.41) is 4.15. The number of hydrogen-bond acceptors (Lipinski definition) is 4. The van der Waals surface area contributed by atoms with Gasteiger partial charge in [0.25, 0.3) is 5.91 Å². The van der Waals surface area contributed by atoms with Crippen molar-refractivity contribution in [1.82, 2.24) is 4.98 Å². The first-order valence-electron chi connectivity index (χ1n) is 7.79. The fraction of sp³-hybridized carbons (Fsp3) is 0.158. The van der Waals surface area contributed by atoms with Gasteiger partial charge in [0, 0.05) is 36.6 Å². The highest BCUT2D eigenvalue weighted by molar-refractivity contribution is 6.29. The van der Waals surface area contributed by atoms with E-state index in [9.17, 15) is 4.79 Å². The monoisotopic (exact) mass is 354 g/mol. The summed E-state index contributed by atoms with van der Waals surface area (Å²) >= 11 is 5.88. The second-order valence-electron chi connectivity index (χ2n) is 6.26. The molecule has 0 unspecified atom stereocenters. The standard InChI is InChI=1S/C19H15ClN2O3/c1-19(2)24-15-7-5-13(10-16(15)25-19)21-18(23)12-3-6-14-11(9-12)4-8-17(20)22-14/h3-10H,1-2H3,(H,21,23). The summed E-state index contributed by atoms with van der Waals surface area (Å²) in [4.78, 5) is 16.7. The van der Waals surface area contributed by atoms with Crippen LogP contribution in [0.25, 0.3) is 10.9 Å². The van der Waals surface area contributed by atoms with Crippen LogP contribution in [-0.4, -0.2) is 16.7 Å². The van der Waals surface area contributed by atoms with Gasteiger partial charge < -0.3 is 14.8 Å². The van der Waals surface area contributed by atoms with Crippen molar-refractivity contribution in [2.24, 2.45) is 0 Å². The number of halogens is 1. The topological polar surface area (TPSA) is 60.5 Å². The largest absolute Gasteiger partial charge is 0.449 e. The van der Waals surface area contributed by atoms with Gasteiger partial charge >= 0.3 is 0 Å². The van der Waals surface area contributed by atoms with E-state index in [2.05, 4.69) is 10.3 Å². The molecule has 3 aromatic rings. The van der Waals surface area contributed by atoms with Crippen LogP contribution in [0, 0.1) is 0 Å². The van der Waals surface area contributed by atoms with Crippen molar-refractivity contribution >= 4 is 34.1 Å². The Morgan fingerprint density at radius 1 is 1.04 bits per heavy atom. The average molecular weight is 355 g/mol. The number of hydrogen-bond donors (Lipinski definition) is 1. The fourth-order valence-corrected chi connectivity index (χ4v) is 2.90. The van der Waals surface area contributed by atoms with Crippen LogP contribution in [0.3, 0.4) is 0 Å². The summed E-state index contributed by atoms with van der Waals surface area (Å²) in [5.41, 5.74) is 1.92. The number of carbonyl (C=O) groups is 1. The molecule has 5 nitrogen and oxygen atoms in total. The zero-order valence-electron chi connectivity index (χ0n) is 13.7. The van der Waals surface area contributed by atoms with Gasteiger partial charge in [0.1, 0.15) is 5.15 Å². The van der Waals surface area contributed by atoms with Gasteiger partial charge in [-0.05, 0) is 42.5 Å². The lowest BCUT2D eigenvalue weighted by Crippen LogP contribution is -2.29. The van der Waals surface area contributed by atoms with E-state index >= 15 is 0 Å². The molecule has 25 heavy (non-hydrogen) atoms. The molecule has 0 bridgehead atoms. The predicted molar refractivity (Wildman–Crippen MR) is 96.5 cm³/mol. The lowest BCUT2D eigenvalue weighted by atomic mass is 10.1. The second-order valence-corrected chi connectivity index (χ2v) is 6.65. The Bertz CT molecular complexity index is 1000. The maximum absolute atomic E-state index is 12.5. The molecule has 0 radical (unpaired) electrons. The molecule has 4 rings (SSSR count). The minimum absolute atomic E-state index is 0.213. The Morgan fingerprint density at radius 3 is 2.68 bits per heavy atom. The number of benzene rings is 2. The molecule has 0 spiro atoms. The van der Waals surface area contributed by atoms with E-state index in [-0.39, 0.29) is 5.91 Å². The molecule has 0 saturated carbocycles. The number of anilines is 1. The van der Waals surface area contributed by atoms with Crippen LogP contribution in [0.15, 0.2) is 48.5 Å². The molecule has 2 aromatic carbocycles. The molecule has 1 N–H and O–H groups in total. The number of pyridine rings is 1. The van der Waals surface area contributed by atoms with E-state index in [0.717, 1.165) is 10.9 Å². The van der Waals surface area contributed by atoms with E-state index in [1.54, 1.807) is 42.5 Å². The molecule has 1 aliphatic heterocycles. The SMILES string of the molecule is CC1(C)Oc2ccc(NC(=O)c3ccc4nc(Cl)ccc4c3)cc2O1. The van der Waals surface area contributed by atoms with Crippen LogP contribution in [0.5, 0.6) is 11.5 Å². The van der Waals surface area contributed by atoms with Crippen molar-refractivity contribution < 1.29 is 14.3 Å². The Morgan fingerprint density at radius 2 is 1.84 bits per heavy atom. The molecule has 6 heteroatoms. The predicted octanol–water partition coefficient (Wildman–Crippen LogP) is 4.65. The van der Waals surface area contributed by atoms with Crippen molar-refractivity contribution in [1.29, 1.82) is 0 Å². The molecule has 1 aromatic heterocycles. The third kappa shape index (κ3) is 3.10. The summed E-state index contributed by atoms with van der Waals surface area (Å²) < 4.78 is 11.3. The van der Waals surface area contributed by atoms with E-state index in [4.69, 9.17) is 21.1 Å². The minimum atomic E-state index is -0.697. The highest BCUT2D eigenvalue weighted by Gasteiger charge is 2.31. The first-order chi connectivity index (χ1) is 11.9. The maximum Gasteiger partial charge on any atom is 0.255 e. The normalized spacial score (nSPS) is 14.5. The average Bonchev–Trinajstić information content (AvgIpc) is 2.87. The molecule has 0 fully saturated rings. The fourth-order valence-electron chi connectivity index (χ4n) is 2.75. The number of ether oxygens (including phenoxy) is 2. The zero-order valence-corrected chi connectivity index (χ0v) is 14.4. The van der Waals surface area contributed by atoms with Gasteiger partial charge in [-0.25, -0.2) is 4.98 Å². The Kier molecular flexibility index (Phi) is 3.54. The maximum atomic E-state index is 12.5. The first kappa shape index (κ1) is 15.7. The molecule has 0 atom stereocenters. The Hall–Kier alpha value is -2.79. The van der Waals surface area contributed by atoms with Gasteiger partial charge in [-0.2, -0.15) is 0 Å². The molecule has 1 amide bonds. The van der Waals surface area contributed by atoms with E-state index in [1.807, 2.05) is 19.9 Å². The van der Waals surface area contributed by atoms with Crippen LogP contribution >= 0.6 is 11.6 Å². The van der Waals surface area contributed by atoms with E-state index < -0.39 is 5.79 Å². The van der Waals surface area contributed by atoms with Gasteiger partial charge in [0.05, 0.1) is 5.52 Å². The number of nitrogens with zero attached hydrogens (tertiary/aromatic N) is 1. The van der Waals surface area contributed by atoms with Gasteiger partial charge in [-0.15, -0.1) is 0 Å². The van der Waals surface area contributed by atoms with Gasteiger partial charge in [0.15, 0.2) is 11.5 Å². The van der Waals surface area contributed by atoms with Crippen molar-refractivity contribution in [3.8, 4) is 11.5 Å². The summed E-state index contributed by atoms with van der Waals surface area (Å²) in [5.74, 6) is 0.365. The number of rotatable bonds is 2. The number of aromatic nitrogens is 1. The Labute approximate surface area is 149 Å². The lowest BCUT2D eigenvalue weighted by molar-refractivity contribution is -0.0431. The van der Waals surface area contributed by atoms with Crippen LogP contribution < -0.4 is 14.8 Å². The van der Waals surface area contributed by atoms with Gasteiger partial charge in [-0.3, -0.25) is 4.79 Å². The molecule has 2 heterocycles. The van der Waals surface area contributed by atoms with Crippen LogP contribution in [0.2, 0.25) is 5.15 Å². The quantitative estimate of drug-likeness (QED) is 0.680. The van der Waals surface area contributed by atoms with Gasteiger partial charge in [0.2, 0.25) is 5.79 Å². The Balaban J connectivity index is 1.57. The third-order valence-corrected chi connectivity index (χ3v) is 4.04. The number of fused-ring (bicyclic) bond motifs is 2. The van der Waals surface area contributed by atoms with Crippen molar-refractivity contribution in [3.63, 3.8) is 0 Å². The molecule has 126 valence electrons. The zero-order chi connectivity index (χ0) is 17.6. The molecule has 0 aliphatic carbocycles. The third-order valence-electron chi connectivity index (χ3n) is 3.83. The lowest BCUT2D eigenvalue weighted by Gasteiger charge is -2.16. The number of carbonyl (C=O) groups excluding carboxylic acids is 1. The van der Waals surface area contributed by atoms with Crippen LogP contribution in [0.4, 0.5) is 5.69 Å². The number of nitrogens with one attached hydrogen (secondary N) is 1. The van der Waals surface area contributed by atoms with Crippen molar-refractivity contribution in [3.05, 3.63) is 59.2 Å². The summed E-state index contributed by atoms with van der Waals surface area (Å²) in [6.07, 6.45) is 0. The number of amides is 1. The van der Waals surface area contributed by atoms with E-state index in [1.165, 1.54) is 0 Å². The van der Waals surface area contributed by atoms with Crippen molar-refractivity contribution in [2.45, 2.75) is 19.6 Å². The summed E-state index contributed by atoms with van der Waals surface area (Å²) in [7, 11) is 0. The van der Waals surface area contributed by atoms with Crippen LogP contribution in [-0.2, 0) is 0 Å².